The zero-order valence-electron chi connectivity index (χ0n) is 12.9. The fraction of sp³-hybridized carbons (Fsp3) is 0.467. The van der Waals surface area contributed by atoms with Crippen molar-refractivity contribution in [2.45, 2.75) is 13.0 Å². The van der Waals surface area contributed by atoms with Crippen LogP contribution in [0.25, 0.3) is 0 Å². The third-order valence-electron chi connectivity index (χ3n) is 3.48. The first-order chi connectivity index (χ1) is 10.1. The molecule has 1 atom stereocenters. The second-order valence-corrected chi connectivity index (χ2v) is 5.43. The van der Waals surface area contributed by atoms with E-state index < -0.39 is 0 Å². The third-order valence-corrected chi connectivity index (χ3v) is 3.48. The number of halogens is 1. The smallest absolute Gasteiger partial charge is 0.321 e. The van der Waals surface area contributed by atoms with Gasteiger partial charge in [0.1, 0.15) is 0 Å². The van der Waals surface area contributed by atoms with Gasteiger partial charge in [0, 0.05) is 32.9 Å². The molecule has 2 rings (SSSR count). The molecule has 0 bridgehead atoms. The number of nitrogens with zero attached hydrogens (tertiary/aromatic N) is 1. The highest BCUT2D eigenvalue weighted by Crippen LogP contribution is 2.12. The fourth-order valence-electron chi connectivity index (χ4n) is 2.21. The Morgan fingerprint density at radius 2 is 2.14 bits per heavy atom. The topological polar surface area (TPSA) is 73.5 Å². The number of urea groups is 1. The van der Waals surface area contributed by atoms with E-state index in [1.165, 1.54) is 4.90 Å². The van der Waals surface area contributed by atoms with Crippen molar-refractivity contribution < 1.29 is 9.59 Å². The summed E-state index contributed by atoms with van der Waals surface area (Å²) < 4.78 is 0. The Balaban J connectivity index is 0.00000242. The highest BCUT2D eigenvalue weighted by Gasteiger charge is 2.21. The fourth-order valence-corrected chi connectivity index (χ4v) is 2.21. The maximum atomic E-state index is 11.9. The number of rotatable bonds is 4. The second-order valence-electron chi connectivity index (χ2n) is 5.43. The van der Waals surface area contributed by atoms with Gasteiger partial charge >= 0.3 is 6.03 Å². The maximum Gasteiger partial charge on any atom is 0.321 e. The van der Waals surface area contributed by atoms with E-state index in [1.54, 1.807) is 14.1 Å². The number of amides is 3. The van der Waals surface area contributed by atoms with Crippen molar-refractivity contribution in [2.24, 2.45) is 5.92 Å². The molecule has 1 aromatic rings. The Morgan fingerprint density at radius 3 is 2.77 bits per heavy atom. The monoisotopic (exact) mass is 326 g/mol. The summed E-state index contributed by atoms with van der Waals surface area (Å²) in [5.74, 6) is 0.157. The van der Waals surface area contributed by atoms with Gasteiger partial charge in [-0.25, -0.2) is 4.79 Å². The zero-order chi connectivity index (χ0) is 15.2. The summed E-state index contributed by atoms with van der Waals surface area (Å²) in [6, 6.07) is 7.32. The largest absolute Gasteiger partial charge is 0.352 e. The van der Waals surface area contributed by atoms with Crippen molar-refractivity contribution in [1.82, 2.24) is 15.5 Å². The first-order valence-electron chi connectivity index (χ1n) is 7.12. The van der Waals surface area contributed by atoms with Gasteiger partial charge in [-0.2, -0.15) is 0 Å². The molecule has 0 radical (unpaired) electrons. The number of hydrogen-bond acceptors (Lipinski definition) is 3. The highest BCUT2D eigenvalue weighted by molar-refractivity contribution is 5.89. The van der Waals surface area contributed by atoms with Crippen molar-refractivity contribution in [3.05, 3.63) is 29.8 Å². The molecule has 0 saturated carbocycles. The number of anilines is 1. The Hall–Kier alpha value is -1.79. The molecule has 1 fully saturated rings. The zero-order valence-corrected chi connectivity index (χ0v) is 13.7. The lowest BCUT2D eigenvalue weighted by atomic mass is 10.1. The lowest BCUT2D eigenvalue weighted by Gasteiger charge is -2.13. The molecule has 0 aliphatic carbocycles. The van der Waals surface area contributed by atoms with Crippen molar-refractivity contribution in [1.29, 1.82) is 0 Å². The van der Waals surface area contributed by atoms with E-state index in [1.807, 2.05) is 24.3 Å². The van der Waals surface area contributed by atoms with Gasteiger partial charge in [0.25, 0.3) is 0 Å². The van der Waals surface area contributed by atoms with Gasteiger partial charge in [0.15, 0.2) is 0 Å². The van der Waals surface area contributed by atoms with Gasteiger partial charge in [-0.1, -0.05) is 12.1 Å². The van der Waals surface area contributed by atoms with E-state index in [0.29, 0.717) is 6.54 Å². The summed E-state index contributed by atoms with van der Waals surface area (Å²) in [5.41, 5.74) is 1.69. The lowest BCUT2D eigenvalue weighted by molar-refractivity contribution is -0.124. The van der Waals surface area contributed by atoms with Crippen LogP contribution in [0.5, 0.6) is 0 Å². The lowest BCUT2D eigenvalue weighted by Crippen LogP contribution is -2.31. The van der Waals surface area contributed by atoms with E-state index >= 15 is 0 Å². The Labute approximate surface area is 137 Å². The number of benzene rings is 1. The molecule has 22 heavy (non-hydrogen) atoms. The molecule has 0 aromatic heterocycles. The van der Waals surface area contributed by atoms with Gasteiger partial charge in [-0.15, -0.1) is 12.4 Å². The van der Waals surface area contributed by atoms with Crippen LogP contribution in [0, 0.1) is 5.92 Å². The van der Waals surface area contributed by atoms with E-state index in [9.17, 15) is 9.59 Å². The van der Waals surface area contributed by atoms with Crippen LogP contribution in [0.4, 0.5) is 10.5 Å². The summed E-state index contributed by atoms with van der Waals surface area (Å²) in [5, 5.41) is 8.91. The molecular weight excluding hydrogens is 304 g/mol. The average molecular weight is 327 g/mol. The van der Waals surface area contributed by atoms with Crippen LogP contribution >= 0.6 is 12.4 Å². The van der Waals surface area contributed by atoms with Gasteiger partial charge in [-0.05, 0) is 30.7 Å². The minimum Gasteiger partial charge on any atom is -0.352 e. The molecule has 3 N–H and O–H groups in total. The quantitative estimate of drug-likeness (QED) is 0.783. The van der Waals surface area contributed by atoms with Crippen LogP contribution in [0.1, 0.15) is 12.0 Å². The third kappa shape index (κ3) is 5.20. The highest BCUT2D eigenvalue weighted by atomic mass is 35.5. The molecule has 6 nitrogen and oxygen atoms in total. The van der Waals surface area contributed by atoms with Gasteiger partial charge < -0.3 is 20.9 Å². The van der Waals surface area contributed by atoms with E-state index in [4.69, 9.17) is 0 Å². The summed E-state index contributed by atoms with van der Waals surface area (Å²) in [6.07, 6.45) is 0.894. The molecule has 1 unspecified atom stereocenters. The summed E-state index contributed by atoms with van der Waals surface area (Å²) in [4.78, 5) is 25.0. The first kappa shape index (κ1) is 18.3. The van der Waals surface area contributed by atoms with E-state index in [2.05, 4.69) is 16.0 Å². The predicted octanol–water partition coefficient (Wildman–Crippen LogP) is 1.43. The van der Waals surface area contributed by atoms with E-state index in [0.717, 1.165) is 30.8 Å². The van der Waals surface area contributed by atoms with Crippen LogP contribution in [0.2, 0.25) is 0 Å². The molecule has 1 aromatic carbocycles. The molecule has 1 aliphatic rings. The van der Waals surface area contributed by atoms with Crippen LogP contribution in [-0.2, 0) is 11.3 Å². The van der Waals surface area contributed by atoms with Crippen LogP contribution in [0.15, 0.2) is 24.3 Å². The average Bonchev–Trinajstić information content (AvgIpc) is 2.99. The number of carbonyl (C=O) groups is 2. The van der Waals surface area contributed by atoms with Crippen LogP contribution in [-0.4, -0.2) is 44.0 Å². The van der Waals surface area contributed by atoms with Gasteiger partial charge in [-0.3, -0.25) is 4.79 Å². The number of hydrogen-bond donors (Lipinski definition) is 3. The van der Waals surface area contributed by atoms with Gasteiger partial charge in [0.2, 0.25) is 5.91 Å². The molecule has 1 aliphatic heterocycles. The van der Waals surface area contributed by atoms with E-state index in [-0.39, 0.29) is 30.3 Å². The summed E-state index contributed by atoms with van der Waals surface area (Å²) in [7, 11) is 3.38. The van der Waals surface area contributed by atoms with Gasteiger partial charge in [0.05, 0.1) is 5.92 Å². The molecule has 1 heterocycles. The summed E-state index contributed by atoms with van der Waals surface area (Å²) >= 11 is 0. The molecule has 122 valence electrons. The molecule has 0 spiro atoms. The van der Waals surface area contributed by atoms with Crippen molar-refractivity contribution in [3.8, 4) is 0 Å². The Bertz CT molecular complexity index is 516. The Kier molecular flexibility index (Phi) is 7.14. The SMILES string of the molecule is CN(C)C(=O)Nc1cccc(CNC(=O)C2CCNC2)c1.Cl. The second kappa shape index (κ2) is 8.60. The minimum atomic E-state index is -0.173. The first-order valence-corrected chi connectivity index (χ1v) is 7.12. The maximum absolute atomic E-state index is 11.9. The van der Waals surface area contributed by atoms with Crippen molar-refractivity contribution in [2.75, 3.05) is 32.5 Å². The van der Waals surface area contributed by atoms with Crippen molar-refractivity contribution in [3.63, 3.8) is 0 Å². The predicted molar refractivity (Wildman–Crippen MR) is 89.2 cm³/mol. The summed E-state index contributed by atoms with van der Waals surface area (Å²) in [6.45, 7) is 2.13. The number of carbonyl (C=O) groups excluding carboxylic acids is 2. The standard InChI is InChI=1S/C15H22N4O2.ClH/c1-19(2)15(21)18-13-5-3-4-11(8-13)9-17-14(20)12-6-7-16-10-12;/h3-5,8,12,16H,6-7,9-10H2,1-2H3,(H,17,20)(H,18,21);1H. The molecule has 1 saturated heterocycles. The molecular formula is C15H23ClN4O2. The number of nitrogens with one attached hydrogen (secondary N) is 3. The van der Waals surface area contributed by atoms with Crippen molar-refractivity contribution >= 4 is 30.0 Å². The Morgan fingerprint density at radius 1 is 1.36 bits per heavy atom. The normalized spacial score (nSPS) is 16.5. The molecule has 7 heteroatoms. The molecule has 3 amide bonds. The van der Waals surface area contributed by atoms with Crippen LogP contribution in [0.3, 0.4) is 0 Å². The minimum absolute atomic E-state index is 0. The van der Waals surface area contributed by atoms with Crippen LogP contribution < -0.4 is 16.0 Å².